The van der Waals surface area contributed by atoms with Crippen molar-refractivity contribution in [2.75, 3.05) is 11.8 Å². The number of rotatable bonds is 5. The van der Waals surface area contributed by atoms with Crippen molar-refractivity contribution in [1.82, 2.24) is 4.98 Å². The number of thiazole rings is 1. The Morgan fingerprint density at radius 1 is 1.39 bits per heavy atom. The van der Waals surface area contributed by atoms with Gasteiger partial charge in [-0.15, -0.1) is 11.3 Å². The minimum absolute atomic E-state index is 0.210. The smallest absolute Gasteiger partial charge is 0.264 e. The van der Waals surface area contributed by atoms with Crippen LogP contribution in [0.5, 0.6) is 0 Å². The van der Waals surface area contributed by atoms with Crippen molar-refractivity contribution in [3.8, 4) is 0 Å². The van der Waals surface area contributed by atoms with Crippen molar-refractivity contribution in [3.05, 3.63) is 41.4 Å². The highest BCUT2D eigenvalue weighted by Crippen LogP contribution is 2.21. The second kappa shape index (κ2) is 5.47. The maximum atomic E-state index is 12.2. The van der Waals surface area contributed by atoms with Crippen molar-refractivity contribution in [3.63, 3.8) is 0 Å². The Morgan fingerprint density at radius 2 is 2.17 bits per heavy atom. The van der Waals surface area contributed by atoms with Gasteiger partial charge in [-0.05, 0) is 11.6 Å². The number of hydrogen-bond donors (Lipinski definition) is 1. The van der Waals surface area contributed by atoms with Gasteiger partial charge in [-0.25, -0.2) is 13.4 Å². The molecule has 1 heterocycles. The molecule has 1 aromatic carbocycles. The Hall–Kier alpha value is -1.44. The molecule has 0 bridgehead atoms. The van der Waals surface area contributed by atoms with Gasteiger partial charge < -0.3 is 4.74 Å². The van der Waals surface area contributed by atoms with Gasteiger partial charge in [0, 0.05) is 18.7 Å². The minimum Gasteiger partial charge on any atom is -0.380 e. The van der Waals surface area contributed by atoms with Crippen LogP contribution >= 0.6 is 11.3 Å². The predicted octanol–water partition coefficient (Wildman–Crippen LogP) is 2.09. The van der Waals surface area contributed by atoms with Crippen LogP contribution in [-0.2, 0) is 21.4 Å². The van der Waals surface area contributed by atoms with Crippen LogP contribution in [0.1, 0.15) is 5.56 Å². The van der Waals surface area contributed by atoms with Gasteiger partial charge in [-0.1, -0.05) is 18.2 Å². The van der Waals surface area contributed by atoms with Crippen LogP contribution in [0.25, 0.3) is 0 Å². The molecule has 1 aromatic heterocycles. The molecule has 0 aliphatic heterocycles. The quantitative estimate of drug-likeness (QED) is 0.913. The van der Waals surface area contributed by atoms with Crippen LogP contribution in [0, 0.1) is 0 Å². The van der Waals surface area contributed by atoms with E-state index in [0.717, 1.165) is 0 Å². The molecule has 2 aromatic rings. The molecule has 0 aliphatic carbocycles. The first-order valence-corrected chi connectivity index (χ1v) is 7.49. The van der Waals surface area contributed by atoms with Crippen LogP contribution in [0.4, 0.5) is 5.13 Å². The summed E-state index contributed by atoms with van der Waals surface area (Å²) in [5, 5.41) is 2.06. The van der Waals surface area contributed by atoms with Crippen LogP contribution in [0.3, 0.4) is 0 Å². The van der Waals surface area contributed by atoms with E-state index in [0.29, 0.717) is 10.7 Å². The SMILES string of the molecule is COCc1ccccc1S(=O)(=O)Nc1nccs1. The zero-order chi connectivity index (χ0) is 13.0. The molecule has 0 saturated heterocycles. The van der Waals surface area contributed by atoms with Gasteiger partial charge in [0.2, 0.25) is 0 Å². The highest BCUT2D eigenvalue weighted by atomic mass is 32.2. The van der Waals surface area contributed by atoms with Gasteiger partial charge in [-0.3, -0.25) is 4.72 Å². The average molecular weight is 284 g/mol. The lowest BCUT2D eigenvalue weighted by molar-refractivity contribution is 0.182. The molecule has 0 amide bonds. The van der Waals surface area contributed by atoms with Crippen LogP contribution in [0.2, 0.25) is 0 Å². The number of methoxy groups -OCH3 is 1. The third kappa shape index (κ3) is 2.87. The number of anilines is 1. The molecule has 5 nitrogen and oxygen atoms in total. The van der Waals surface area contributed by atoms with Crippen molar-refractivity contribution < 1.29 is 13.2 Å². The molecule has 1 N–H and O–H groups in total. The Bertz CT molecular complexity index is 609. The summed E-state index contributed by atoms with van der Waals surface area (Å²) in [6.45, 7) is 0.245. The first kappa shape index (κ1) is 13.0. The molecule has 2 rings (SSSR count). The van der Waals surface area contributed by atoms with E-state index in [2.05, 4.69) is 9.71 Å². The van der Waals surface area contributed by atoms with Gasteiger partial charge in [0.1, 0.15) is 0 Å². The highest BCUT2D eigenvalue weighted by molar-refractivity contribution is 7.93. The Labute approximate surface area is 110 Å². The standard InChI is InChI=1S/C11H12N2O3S2/c1-16-8-9-4-2-3-5-10(9)18(14,15)13-11-12-6-7-17-11/h2-7H,8H2,1H3,(H,12,13). The summed E-state index contributed by atoms with van der Waals surface area (Å²) in [6.07, 6.45) is 1.55. The maximum absolute atomic E-state index is 12.2. The van der Waals surface area contributed by atoms with E-state index in [1.807, 2.05) is 0 Å². The van der Waals surface area contributed by atoms with E-state index in [9.17, 15) is 8.42 Å². The number of sulfonamides is 1. The first-order valence-electron chi connectivity index (χ1n) is 5.12. The van der Waals surface area contributed by atoms with Gasteiger partial charge >= 0.3 is 0 Å². The maximum Gasteiger partial charge on any atom is 0.264 e. The summed E-state index contributed by atoms with van der Waals surface area (Å²) in [4.78, 5) is 4.11. The van der Waals surface area contributed by atoms with Crippen LogP contribution < -0.4 is 4.72 Å². The predicted molar refractivity (Wildman–Crippen MR) is 70.1 cm³/mol. The number of ether oxygens (including phenoxy) is 1. The molecule has 0 atom stereocenters. The van der Waals surface area contributed by atoms with Crippen molar-refractivity contribution >= 4 is 26.5 Å². The molecule has 0 saturated carbocycles. The normalized spacial score (nSPS) is 11.4. The monoisotopic (exact) mass is 284 g/mol. The topological polar surface area (TPSA) is 68.3 Å². The fourth-order valence-corrected chi connectivity index (χ4v) is 3.50. The third-order valence-electron chi connectivity index (χ3n) is 2.22. The second-order valence-corrected chi connectivity index (χ2v) is 6.03. The van der Waals surface area contributed by atoms with E-state index in [1.54, 1.807) is 35.8 Å². The van der Waals surface area contributed by atoms with Gasteiger partial charge in [-0.2, -0.15) is 0 Å². The molecule has 7 heteroatoms. The molecule has 18 heavy (non-hydrogen) atoms. The number of nitrogens with one attached hydrogen (secondary N) is 1. The Morgan fingerprint density at radius 3 is 2.83 bits per heavy atom. The first-order chi connectivity index (χ1) is 8.63. The van der Waals surface area contributed by atoms with E-state index in [4.69, 9.17) is 4.74 Å². The number of hydrogen-bond acceptors (Lipinski definition) is 5. The zero-order valence-electron chi connectivity index (χ0n) is 9.66. The van der Waals surface area contributed by atoms with Crippen LogP contribution in [0.15, 0.2) is 40.7 Å². The fraction of sp³-hybridized carbons (Fsp3) is 0.182. The lowest BCUT2D eigenvalue weighted by Gasteiger charge is -2.09. The summed E-state index contributed by atoms with van der Waals surface area (Å²) in [6, 6.07) is 6.72. The van der Waals surface area contributed by atoms with Crippen LogP contribution in [-0.4, -0.2) is 20.5 Å². The second-order valence-electron chi connectivity index (χ2n) is 3.48. The molecule has 0 unspecified atom stereocenters. The third-order valence-corrected chi connectivity index (χ3v) is 4.47. The summed E-state index contributed by atoms with van der Waals surface area (Å²) in [5.41, 5.74) is 0.615. The molecule has 96 valence electrons. The molecular formula is C11H12N2O3S2. The Kier molecular flexibility index (Phi) is 3.95. The van der Waals surface area contributed by atoms with Gasteiger partial charge in [0.15, 0.2) is 5.13 Å². The summed E-state index contributed by atoms with van der Waals surface area (Å²) in [5.74, 6) is 0. The number of aromatic nitrogens is 1. The fourth-order valence-electron chi connectivity index (χ4n) is 1.48. The molecule has 0 radical (unpaired) electrons. The van der Waals surface area contributed by atoms with E-state index in [-0.39, 0.29) is 11.5 Å². The zero-order valence-corrected chi connectivity index (χ0v) is 11.3. The average Bonchev–Trinajstić information content (AvgIpc) is 2.82. The lowest BCUT2D eigenvalue weighted by Crippen LogP contribution is -2.15. The van der Waals surface area contributed by atoms with Gasteiger partial charge in [0.25, 0.3) is 10.0 Å². The largest absolute Gasteiger partial charge is 0.380 e. The molecule has 0 spiro atoms. The molecule has 0 aliphatic rings. The number of benzene rings is 1. The molecule has 0 fully saturated rings. The van der Waals surface area contributed by atoms with Crippen molar-refractivity contribution in [1.29, 1.82) is 0 Å². The number of nitrogens with zero attached hydrogens (tertiary/aromatic N) is 1. The highest BCUT2D eigenvalue weighted by Gasteiger charge is 2.18. The molecular weight excluding hydrogens is 272 g/mol. The van der Waals surface area contributed by atoms with Crippen molar-refractivity contribution in [2.45, 2.75) is 11.5 Å². The Balaban J connectivity index is 2.35. The van der Waals surface area contributed by atoms with Gasteiger partial charge in [0.05, 0.1) is 11.5 Å². The summed E-state index contributed by atoms with van der Waals surface area (Å²) >= 11 is 1.23. The van der Waals surface area contributed by atoms with Crippen molar-refractivity contribution in [2.24, 2.45) is 0 Å². The van der Waals surface area contributed by atoms with E-state index in [1.165, 1.54) is 18.4 Å². The minimum atomic E-state index is -3.62. The summed E-state index contributed by atoms with van der Waals surface area (Å²) < 4.78 is 31.8. The lowest BCUT2D eigenvalue weighted by atomic mass is 10.2. The van der Waals surface area contributed by atoms with E-state index >= 15 is 0 Å². The van der Waals surface area contributed by atoms with E-state index < -0.39 is 10.0 Å². The summed E-state index contributed by atoms with van der Waals surface area (Å²) in [7, 11) is -2.09.